The first-order chi connectivity index (χ1) is 3.18. The maximum Gasteiger partial charge on any atom is 0.148 e. The standard InChI is InChI=1S/C5H8F2/c1-3-5(7)4(2)6/h3-4H,1-2H3/b5-3-. The van der Waals surface area contributed by atoms with Gasteiger partial charge >= 0.3 is 0 Å². The Bertz CT molecular complexity index is 74.1. The Morgan fingerprint density at radius 1 is 1.71 bits per heavy atom. The third kappa shape index (κ3) is 2.31. The quantitative estimate of drug-likeness (QED) is 0.480. The topological polar surface area (TPSA) is 0 Å². The van der Waals surface area contributed by atoms with Gasteiger partial charge in [-0.2, -0.15) is 0 Å². The van der Waals surface area contributed by atoms with Crippen LogP contribution in [0.1, 0.15) is 13.8 Å². The lowest BCUT2D eigenvalue weighted by Crippen LogP contribution is -1.90. The lowest BCUT2D eigenvalue weighted by molar-refractivity contribution is 0.349. The molecular formula is C5H8F2. The molecule has 0 aliphatic carbocycles. The molecule has 0 rings (SSSR count). The summed E-state index contributed by atoms with van der Waals surface area (Å²) in [6.07, 6.45) is -0.324. The molecule has 2 heteroatoms. The monoisotopic (exact) mass is 106 g/mol. The molecule has 0 spiro atoms. The predicted molar refractivity (Wildman–Crippen MR) is 25.4 cm³/mol. The van der Waals surface area contributed by atoms with Crippen LogP contribution in [-0.4, -0.2) is 6.17 Å². The van der Waals surface area contributed by atoms with E-state index >= 15 is 0 Å². The summed E-state index contributed by atoms with van der Waals surface area (Å²) in [4.78, 5) is 0. The van der Waals surface area contributed by atoms with Crippen LogP contribution in [0.5, 0.6) is 0 Å². The maximum absolute atomic E-state index is 11.7. The first kappa shape index (κ1) is 6.60. The van der Waals surface area contributed by atoms with Gasteiger partial charge in [-0.15, -0.1) is 0 Å². The molecule has 0 heterocycles. The Morgan fingerprint density at radius 3 is 2.14 bits per heavy atom. The third-order valence-corrected chi connectivity index (χ3v) is 0.656. The van der Waals surface area contributed by atoms with Crippen LogP contribution in [0.4, 0.5) is 8.78 Å². The van der Waals surface area contributed by atoms with Crippen LogP contribution < -0.4 is 0 Å². The second-order valence-corrected chi connectivity index (χ2v) is 1.29. The van der Waals surface area contributed by atoms with E-state index in [0.29, 0.717) is 0 Å². The van der Waals surface area contributed by atoms with Crippen molar-refractivity contribution in [2.45, 2.75) is 20.0 Å². The Hall–Kier alpha value is -0.400. The highest BCUT2D eigenvalue weighted by atomic mass is 19.2. The fourth-order valence-electron chi connectivity index (χ4n) is 0.230. The molecule has 0 radical (unpaired) electrons. The molecule has 0 aromatic heterocycles. The van der Waals surface area contributed by atoms with Crippen LogP contribution in [0.3, 0.4) is 0 Å². The van der Waals surface area contributed by atoms with E-state index < -0.39 is 12.0 Å². The van der Waals surface area contributed by atoms with Gasteiger partial charge in [0.05, 0.1) is 0 Å². The summed E-state index contributed by atoms with van der Waals surface area (Å²) >= 11 is 0. The molecule has 1 atom stereocenters. The molecule has 0 aromatic carbocycles. The summed E-state index contributed by atoms with van der Waals surface area (Å²) in [5.74, 6) is -0.694. The van der Waals surface area contributed by atoms with Crippen LogP contribution in [0.15, 0.2) is 11.9 Å². The van der Waals surface area contributed by atoms with E-state index in [1.807, 2.05) is 0 Å². The molecule has 0 amide bonds. The number of halogens is 2. The molecular weight excluding hydrogens is 98.1 g/mol. The van der Waals surface area contributed by atoms with Crippen LogP contribution in [-0.2, 0) is 0 Å². The van der Waals surface area contributed by atoms with Gasteiger partial charge in [0.15, 0.2) is 0 Å². The predicted octanol–water partition coefficient (Wildman–Crippen LogP) is 2.22. The zero-order chi connectivity index (χ0) is 5.86. The zero-order valence-corrected chi connectivity index (χ0v) is 4.41. The summed E-state index contributed by atoms with van der Waals surface area (Å²) in [5.41, 5.74) is 0. The highest BCUT2D eigenvalue weighted by molar-refractivity contribution is 4.93. The number of allylic oxidation sites excluding steroid dienone is 2. The number of hydrogen-bond acceptors (Lipinski definition) is 0. The van der Waals surface area contributed by atoms with Crippen LogP contribution >= 0.6 is 0 Å². The molecule has 0 N–H and O–H groups in total. The van der Waals surface area contributed by atoms with Crippen molar-refractivity contribution in [3.63, 3.8) is 0 Å². The molecule has 0 nitrogen and oxygen atoms in total. The average Bonchev–Trinajstić information content (AvgIpc) is 1.65. The van der Waals surface area contributed by atoms with E-state index in [1.54, 1.807) is 0 Å². The van der Waals surface area contributed by atoms with Crippen molar-refractivity contribution >= 4 is 0 Å². The first-order valence-corrected chi connectivity index (χ1v) is 2.14. The average molecular weight is 106 g/mol. The Morgan fingerprint density at radius 2 is 2.14 bits per heavy atom. The van der Waals surface area contributed by atoms with Crippen LogP contribution in [0, 0.1) is 0 Å². The second kappa shape index (κ2) is 2.72. The molecule has 7 heavy (non-hydrogen) atoms. The molecule has 0 saturated heterocycles. The van der Waals surface area contributed by atoms with E-state index in [1.165, 1.54) is 6.92 Å². The SMILES string of the molecule is C/C=C(\F)C(C)F. The second-order valence-electron chi connectivity index (χ2n) is 1.29. The van der Waals surface area contributed by atoms with Crippen molar-refractivity contribution in [3.05, 3.63) is 11.9 Å². The van der Waals surface area contributed by atoms with E-state index in [9.17, 15) is 8.78 Å². The van der Waals surface area contributed by atoms with Gasteiger partial charge in [-0.25, -0.2) is 8.78 Å². The van der Waals surface area contributed by atoms with Crippen molar-refractivity contribution in [1.29, 1.82) is 0 Å². The molecule has 42 valence electrons. The third-order valence-electron chi connectivity index (χ3n) is 0.656. The minimum Gasteiger partial charge on any atom is -0.240 e. The molecule has 0 aliphatic rings. The molecule has 0 fully saturated rings. The minimum atomic E-state index is -1.44. The highest BCUT2D eigenvalue weighted by Crippen LogP contribution is 2.05. The van der Waals surface area contributed by atoms with Crippen molar-refractivity contribution in [2.75, 3.05) is 0 Å². The first-order valence-electron chi connectivity index (χ1n) is 2.14. The van der Waals surface area contributed by atoms with Gasteiger partial charge in [0.25, 0.3) is 0 Å². The Balaban J connectivity index is 3.56. The summed E-state index contributed by atoms with van der Waals surface area (Å²) in [5, 5.41) is 0. The molecule has 0 saturated carbocycles. The van der Waals surface area contributed by atoms with Crippen LogP contribution in [0.25, 0.3) is 0 Å². The van der Waals surface area contributed by atoms with Gasteiger partial charge in [0, 0.05) is 0 Å². The maximum atomic E-state index is 11.7. The summed E-state index contributed by atoms with van der Waals surface area (Å²) < 4.78 is 23.4. The van der Waals surface area contributed by atoms with Gasteiger partial charge in [-0.3, -0.25) is 0 Å². The number of rotatable bonds is 1. The summed E-state index contributed by atoms with van der Waals surface area (Å²) in [6, 6.07) is 0. The van der Waals surface area contributed by atoms with Crippen molar-refractivity contribution < 1.29 is 8.78 Å². The number of alkyl halides is 1. The largest absolute Gasteiger partial charge is 0.240 e. The Kier molecular flexibility index (Phi) is 2.56. The van der Waals surface area contributed by atoms with Gasteiger partial charge in [-0.1, -0.05) is 6.08 Å². The smallest absolute Gasteiger partial charge is 0.148 e. The Labute approximate surface area is 41.8 Å². The summed E-state index contributed by atoms with van der Waals surface area (Å²) in [7, 11) is 0. The van der Waals surface area contributed by atoms with E-state index in [0.717, 1.165) is 13.0 Å². The zero-order valence-electron chi connectivity index (χ0n) is 4.41. The summed E-state index contributed by atoms with van der Waals surface area (Å²) in [6.45, 7) is 2.63. The van der Waals surface area contributed by atoms with Gasteiger partial charge < -0.3 is 0 Å². The molecule has 1 unspecified atom stereocenters. The van der Waals surface area contributed by atoms with Crippen molar-refractivity contribution in [2.24, 2.45) is 0 Å². The molecule has 0 bridgehead atoms. The normalized spacial score (nSPS) is 16.9. The fourth-order valence-corrected chi connectivity index (χ4v) is 0.230. The van der Waals surface area contributed by atoms with E-state index in [4.69, 9.17) is 0 Å². The number of hydrogen-bond donors (Lipinski definition) is 0. The fraction of sp³-hybridized carbons (Fsp3) is 0.600. The molecule has 0 aromatic rings. The van der Waals surface area contributed by atoms with Crippen LogP contribution in [0.2, 0.25) is 0 Å². The van der Waals surface area contributed by atoms with Crippen molar-refractivity contribution in [3.8, 4) is 0 Å². The molecule has 0 aliphatic heterocycles. The minimum absolute atomic E-state index is 0.694. The van der Waals surface area contributed by atoms with E-state index in [2.05, 4.69) is 0 Å². The lowest BCUT2D eigenvalue weighted by Gasteiger charge is -1.91. The van der Waals surface area contributed by atoms with Gasteiger partial charge in [0.1, 0.15) is 12.0 Å². The van der Waals surface area contributed by atoms with Crippen molar-refractivity contribution in [1.82, 2.24) is 0 Å². The van der Waals surface area contributed by atoms with Gasteiger partial charge in [0.2, 0.25) is 0 Å². The lowest BCUT2D eigenvalue weighted by atomic mass is 10.4. The van der Waals surface area contributed by atoms with E-state index in [-0.39, 0.29) is 0 Å². The highest BCUT2D eigenvalue weighted by Gasteiger charge is 2.00. The van der Waals surface area contributed by atoms with Gasteiger partial charge in [-0.05, 0) is 13.8 Å².